The summed E-state index contributed by atoms with van der Waals surface area (Å²) in [6.45, 7) is 9.21. The lowest BCUT2D eigenvalue weighted by Gasteiger charge is -2.19. The monoisotopic (exact) mass is 384 g/mol. The molecule has 1 fully saturated rings. The van der Waals surface area contributed by atoms with Crippen LogP contribution >= 0.6 is 0 Å². The average Bonchev–Trinajstić information content (AvgIpc) is 3.28. The molecule has 0 spiro atoms. The highest BCUT2D eigenvalue weighted by molar-refractivity contribution is 5.94. The van der Waals surface area contributed by atoms with Crippen LogP contribution in [0, 0.1) is 5.92 Å². The molecule has 28 heavy (non-hydrogen) atoms. The van der Waals surface area contributed by atoms with Crippen LogP contribution in [0.1, 0.15) is 62.3 Å². The van der Waals surface area contributed by atoms with Crippen molar-refractivity contribution in [2.75, 3.05) is 13.1 Å². The molecule has 1 saturated heterocycles. The highest BCUT2D eigenvalue weighted by Crippen LogP contribution is 2.25. The Morgan fingerprint density at radius 2 is 1.89 bits per heavy atom. The molecule has 1 aromatic heterocycles. The Morgan fingerprint density at radius 1 is 1.21 bits per heavy atom. The first-order valence-corrected chi connectivity index (χ1v) is 9.80. The van der Waals surface area contributed by atoms with Crippen LogP contribution in [0.2, 0.25) is 0 Å². The molecule has 1 atom stereocenters. The second kappa shape index (κ2) is 7.73. The van der Waals surface area contributed by atoms with Crippen molar-refractivity contribution < 1.29 is 14.7 Å². The van der Waals surface area contributed by atoms with Gasteiger partial charge in [0, 0.05) is 13.1 Å². The first-order valence-electron chi connectivity index (χ1n) is 9.80. The maximum atomic E-state index is 13.0. The molecule has 7 nitrogen and oxygen atoms in total. The van der Waals surface area contributed by atoms with E-state index in [4.69, 9.17) is 0 Å². The molecule has 3 rings (SSSR count). The molecule has 1 aliphatic rings. The summed E-state index contributed by atoms with van der Waals surface area (Å²) >= 11 is 0. The van der Waals surface area contributed by atoms with Gasteiger partial charge in [-0.2, -0.15) is 0 Å². The van der Waals surface area contributed by atoms with Crippen LogP contribution in [-0.2, 0) is 16.6 Å². The molecular formula is C21H28N4O3. The number of hydrogen-bond acceptors (Lipinski definition) is 4. The van der Waals surface area contributed by atoms with Gasteiger partial charge in [0.15, 0.2) is 5.69 Å². The van der Waals surface area contributed by atoms with E-state index < -0.39 is 11.9 Å². The zero-order chi connectivity index (χ0) is 20.5. The summed E-state index contributed by atoms with van der Waals surface area (Å²) in [5.41, 5.74) is 3.25. The summed E-state index contributed by atoms with van der Waals surface area (Å²) in [4.78, 5) is 25.7. The minimum Gasteiger partial charge on any atom is -0.481 e. The zero-order valence-electron chi connectivity index (χ0n) is 17.0. The number of aliphatic carboxylic acids is 1. The molecular weight excluding hydrogens is 356 g/mol. The third-order valence-corrected chi connectivity index (χ3v) is 5.26. The second-order valence-corrected chi connectivity index (χ2v) is 8.42. The van der Waals surface area contributed by atoms with E-state index in [0.29, 0.717) is 25.1 Å². The quantitative estimate of drug-likeness (QED) is 0.856. The van der Waals surface area contributed by atoms with Crippen LogP contribution in [0.15, 0.2) is 24.3 Å². The molecule has 2 aromatic rings. The third-order valence-electron chi connectivity index (χ3n) is 5.26. The smallest absolute Gasteiger partial charge is 0.308 e. The maximum absolute atomic E-state index is 13.0. The van der Waals surface area contributed by atoms with Crippen molar-refractivity contribution in [1.82, 2.24) is 19.9 Å². The fourth-order valence-electron chi connectivity index (χ4n) is 3.53. The van der Waals surface area contributed by atoms with Crippen LogP contribution in [0.25, 0.3) is 5.69 Å². The van der Waals surface area contributed by atoms with Gasteiger partial charge in [0.05, 0.1) is 17.3 Å². The third kappa shape index (κ3) is 3.93. The first kappa shape index (κ1) is 20.0. The average molecular weight is 384 g/mol. The first-order chi connectivity index (χ1) is 13.2. The van der Waals surface area contributed by atoms with E-state index in [1.54, 1.807) is 9.58 Å². The van der Waals surface area contributed by atoms with E-state index in [2.05, 4.69) is 43.2 Å². The molecule has 1 unspecified atom stereocenters. The largest absolute Gasteiger partial charge is 0.481 e. The van der Waals surface area contributed by atoms with Crippen LogP contribution in [-0.4, -0.2) is 50.0 Å². The van der Waals surface area contributed by atoms with Gasteiger partial charge in [-0.25, -0.2) is 4.68 Å². The predicted molar refractivity (Wildman–Crippen MR) is 106 cm³/mol. The predicted octanol–water partition coefficient (Wildman–Crippen LogP) is 3.06. The van der Waals surface area contributed by atoms with Crippen molar-refractivity contribution in [1.29, 1.82) is 0 Å². The van der Waals surface area contributed by atoms with E-state index in [0.717, 1.165) is 17.8 Å². The van der Waals surface area contributed by atoms with E-state index in [1.165, 1.54) is 5.56 Å². The van der Waals surface area contributed by atoms with Crippen LogP contribution < -0.4 is 0 Å². The number of rotatable bonds is 5. The minimum absolute atomic E-state index is 0.0602. The van der Waals surface area contributed by atoms with Crippen molar-refractivity contribution in [3.8, 4) is 5.69 Å². The molecule has 1 aromatic carbocycles. The number of carboxylic acid groups (broad SMARTS) is 1. The van der Waals surface area contributed by atoms with E-state index in [1.807, 2.05) is 19.1 Å². The van der Waals surface area contributed by atoms with Crippen LogP contribution in [0.5, 0.6) is 0 Å². The molecule has 0 aliphatic carbocycles. The Morgan fingerprint density at radius 3 is 2.43 bits per heavy atom. The lowest BCUT2D eigenvalue weighted by molar-refractivity contribution is -0.141. The number of aromatic nitrogens is 3. The lowest BCUT2D eigenvalue weighted by Crippen LogP contribution is -2.31. The summed E-state index contributed by atoms with van der Waals surface area (Å²) in [6, 6.07) is 8.15. The van der Waals surface area contributed by atoms with E-state index >= 15 is 0 Å². The van der Waals surface area contributed by atoms with Gasteiger partial charge in [0.2, 0.25) is 0 Å². The van der Waals surface area contributed by atoms with Crippen LogP contribution in [0.3, 0.4) is 0 Å². The van der Waals surface area contributed by atoms with E-state index in [9.17, 15) is 14.7 Å². The Kier molecular flexibility index (Phi) is 5.54. The maximum Gasteiger partial charge on any atom is 0.308 e. The summed E-state index contributed by atoms with van der Waals surface area (Å²) in [6.07, 6.45) is 2.00. The van der Waals surface area contributed by atoms with Gasteiger partial charge in [-0.05, 0) is 36.0 Å². The molecule has 1 aliphatic heterocycles. The number of amides is 1. The number of carbonyl (C=O) groups excluding carboxylic acids is 1. The van der Waals surface area contributed by atoms with E-state index in [-0.39, 0.29) is 17.9 Å². The molecule has 1 N–H and O–H groups in total. The topological polar surface area (TPSA) is 88.3 Å². The fraction of sp³-hybridized carbons (Fsp3) is 0.524. The van der Waals surface area contributed by atoms with Crippen molar-refractivity contribution in [3.63, 3.8) is 0 Å². The molecule has 2 heterocycles. The molecule has 0 radical (unpaired) electrons. The number of nitrogens with zero attached hydrogens (tertiary/aromatic N) is 4. The van der Waals surface area contributed by atoms with Crippen molar-refractivity contribution >= 4 is 11.9 Å². The van der Waals surface area contributed by atoms with Crippen molar-refractivity contribution in [2.45, 2.75) is 52.4 Å². The minimum atomic E-state index is -0.855. The SMILES string of the molecule is CCCc1c(C(=O)N2CCC(C(=O)O)C2)nnn1-c1ccc(C(C)(C)C)cc1. The number of carboxylic acids is 1. The Hall–Kier alpha value is -2.70. The van der Waals surface area contributed by atoms with Crippen LogP contribution in [0.4, 0.5) is 0 Å². The second-order valence-electron chi connectivity index (χ2n) is 8.42. The van der Waals surface area contributed by atoms with Gasteiger partial charge in [0.1, 0.15) is 0 Å². The van der Waals surface area contributed by atoms with Gasteiger partial charge in [0.25, 0.3) is 5.91 Å². The number of hydrogen-bond donors (Lipinski definition) is 1. The Labute approximate surface area is 165 Å². The molecule has 1 amide bonds. The van der Waals surface area contributed by atoms with Gasteiger partial charge >= 0.3 is 5.97 Å². The summed E-state index contributed by atoms with van der Waals surface area (Å²) in [7, 11) is 0. The number of carbonyl (C=O) groups is 2. The van der Waals surface area contributed by atoms with Gasteiger partial charge in [-0.3, -0.25) is 9.59 Å². The fourth-order valence-corrected chi connectivity index (χ4v) is 3.53. The molecule has 0 saturated carbocycles. The zero-order valence-corrected chi connectivity index (χ0v) is 17.0. The summed E-state index contributed by atoms with van der Waals surface area (Å²) < 4.78 is 1.73. The summed E-state index contributed by atoms with van der Waals surface area (Å²) in [5.74, 6) is -1.59. The molecule has 150 valence electrons. The normalized spacial score (nSPS) is 17.1. The molecule has 7 heteroatoms. The summed E-state index contributed by atoms with van der Waals surface area (Å²) in [5, 5.41) is 17.6. The Balaban J connectivity index is 1.90. The number of benzene rings is 1. The molecule has 0 bridgehead atoms. The van der Waals surface area contributed by atoms with Gasteiger partial charge in [-0.1, -0.05) is 51.5 Å². The van der Waals surface area contributed by atoms with Gasteiger partial charge in [-0.15, -0.1) is 5.10 Å². The highest BCUT2D eigenvalue weighted by atomic mass is 16.4. The standard InChI is InChI=1S/C21H28N4O3/c1-5-6-17-18(19(26)24-12-11-14(13-24)20(27)28)22-23-25(17)16-9-7-15(8-10-16)21(2,3)4/h7-10,14H,5-6,11-13H2,1-4H3,(H,27,28). The highest BCUT2D eigenvalue weighted by Gasteiger charge is 2.33. The van der Waals surface area contributed by atoms with Crippen molar-refractivity contribution in [3.05, 3.63) is 41.2 Å². The van der Waals surface area contributed by atoms with Crippen molar-refractivity contribution in [2.24, 2.45) is 5.92 Å². The van der Waals surface area contributed by atoms with Gasteiger partial charge < -0.3 is 10.0 Å². The Bertz CT molecular complexity index is 865. The lowest BCUT2D eigenvalue weighted by atomic mass is 9.87. The number of likely N-dealkylation sites (tertiary alicyclic amines) is 1.